The van der Waals surface area contributed by atoms with Crippen LogP contribution in [-0.4, -0.2) is 37.1 Å². The van der Waals surface area contributed by atoms with Crippen molar-refractivity contribution in [3.8, 4) is 0 Å². The van der Waals surface area contributed by atoms with Crippen LogP contribution in [-0.2, 0) is 0 Å². The predicted molar refractivity (Wildman–Crippen MR) is 83.5 cm³/mol. The smallest absolute Gasteiger partial charge is 0.00509 e. The highest BCUT2D eigenvalue weighted by atomic mass is 15.1. The molecular formula is C17H34N2. The monoisotopic (exact) mass is 266 g/mol. The van der Waals surface area contributed by atoms with Crippen LogP contribution in [0.25, 0.3) is 0 Å². The Kier molecular flexibility index (Phi) is 5.70. The molecule has 1 saturated carbocycles. The van der Waals surface area contributed by atoms with Crippen LogP contribution in [0.5, 0.6) is 0 Å². The molecule has 0 aromatic heterocycles. The summed E-state index contributed by atoms with van der Waals surface area (Å²) in [7, 11) is 0. The average molecular weight is 266 g/mol. The van der Waals surface area contributed by atoms with Crippen LogP contribution in [0.2, 0.25) is 0 Å². The SMILES string of the molecule is CC(C)CC1(CN2CCCNC(C)CC2)CCCC1. The van der Waals surface area contributed by atoms with E-state index in [9.17, 15) is 0 Å². The van der Waals surface area contributed by atoms with Crippen LogP contribution < -0.4 is 5.32 Å². The topological polar surface area (TPSA) is 15.3 Å². The lowest BCUT2D eigenvalue weighted by molar-refractivity contribution is 0.118. The molecule has 1 aliphatic heterocycles. The number of nitrogens with zero attached hydrogens (tertiary/aromatic N) is 1. The van der Waals surface area contributed by atoms with Gasteiger partial charge in [0.25, 0.3) is 0 Å². The van der Waals surface area contributed by atoms with E-state index >= 15 is 0 Å². The van der Waals surface area contributed by atoms with Crippen molar-refractivity contribution in [2.75, 3.05) is 26.2 Å². The van der Waals surface area contributed by atoms with Crippen molar-refractivity contribution in [3.63, 3.8) is 0 Å². The first-order valence-electron chi connectivity index (χ1n) is 8.55. The maximum absolute atomic E-state index is 3.61. The van der Waals surface area contributed by atoms with Crippen molar-refractivity contribution in [2.24, 2.45) is 11.3 Å². The zero-order valence-electron chi connectivity index (χ0n) is 13.4. The van der Waals surface area contributed by atoms with Gasteiger partial charge in [-0.05, 0) is 70.0 Å². The van der Waals surface area contributed by atoms with Crippen LogP contribution in [0.1, 0.15) is 65.7 Å². The Morgan fingerprint density at radius 1 is 1.16 bits per heavy atom. The molecule has 0 amide bonds. The minimum absolute atomic E-state index is 0.657. The van der Waals surface area contributed by atoms with E-state index in [1.165, 1.54) is 71.1 Å². The van der Waals surface area contributed by atoms with Gasteiger partial charge in [-0.25, -0.2) is 0 Å². The highest BCUT2D eigenvalue weighted by Gasteiger charge is 2.35. The Morgan fingerprint density at radius 3 is 2.58 bits per heavy atom. The zero-order chi connectivity index (χ0) is 13.7. The van der Waals surface area contributed by atoms with E-state index < -0.39 is 0 Å². The van der Waals surface area contributed by atoms with E-state index in [2.05, 4.69) is 31.0 Å². The van der Waals surface area contributed by atoms with Crippen molar-refractivity contribution >= 4 is 0 Å². The van der Waals surface area contributed by atoms with Gasteiger partial charge in [-0.1, -0.05) is 26.7 Å². The number of nitrogens with one attached hydrogen (secondary N) is 1. The molecule has 0 spiro atoms. The molecule has 2 heteroatoms. The fourth-order valence-corrected chi connectivity index (χ4v) is 4.29. The fraction of sp³-hybridized carbons (Fsp3) is 1.00. The molecule has 0 bridgehead atoms. The van der Waals surface area contributed by atoms with Crippen molar-refractivity contribution in [1.29, 1.82) is 0 Å². The molecule has 2 aliphatic rings. The van der Waals surface area contributed by atoms with Gasteiger partial charge in [-0.2, -0.15) is 0 Å². The largest absolute Gasteiger partial charge is 0.314 e. The summed E-state index contributed by atoms with van der Waals surface area (Å²) in [6.45, 7) is 12.3. The summed E-state index contributed by atoms with van der Waals surface area (Å²) in [5.41, 5.74) is 0.657. The van der Waals surface area contributed by atoms with E-state index in [1.807, 2.05) is 0 Å². The van der Waals surface area contributed by atoms with Crippen LogP contribution >= 0.6 is 0 Å². The summed E-state index contributed by atoms with van der Waals surface area (Å²) in [4.78, 5) is 2.78. The predicted octanol–water partition coefficient (Wildman–Crippen LogP) is 3.67. The Hall–Kier alpha value is -0.0800. The second-order valence-electron chi connectivity index (χ2n) is 7.58. The van der Waals surface area contributed by atoms with Gasteiger partial charge in [0.15, 0.2) is 0 Å². The molecule has 0 aromatic carbocycles. The maximum atomic E-state index is 3.61. The lowest BCUT2D eigenvalue weighted by atomic mass is 9.78. The Bertz CT molecular complexity index is 256. The fourth-order valence-electron chi connectivity index (χ4n) is 4.29. The summed E-state index contributed by atoms with van der Waals surface area (Å²) in [5, 5.41) is 3.61. The van der Waals surface area contributed by atoms with E-state index in [1.54, 1.807) is 0 Å². The third-order valence-electron chi connectivity index (χ3n) is 5.09. The average Bonchev–Trinajstić information content (AvgIpc) is 2.76. The summed E-state index contributed by atoms with van der Waals surface area (Å²) >= 11 is 0. The highest BCUT2D eigenvalue weighted by Crippen LogP contribution is 2.43. The Labute approximate surface area is 120 Å². The second-order valence-corrected chi connectivity index (χ2v) is 7.58. The highest BCUT2D eigenvalue weighted by molar-refractivity contribution is 4.89. The third kappa shape index (κ3) is 4.75. The minimum Gasteiger partial charge on any atom is -0.314 e. The van der Waals surface area contributed by atoms with E-state index in [-0.39, 0.29) is 0 Å². The second kappa shape index (κ2) is 7.08. The van der Waals surface area contributed by atoms with Crippen LogP contribution in [0.15, 0.2) is 0 Å². The zero-order valence-corrected chi connectivity index (χ0v) is 13.4. The standard InChI is InChI=1S/C17H34N2/c1-15(2)13-17(8-4-5-9-17)14-19-11-6-10-18-16(3)7-12-19/h15-16,18H,4-14H2,1-3H3. The first-order chi connectivity index (χ1) is 9.10. The molecule has 1 aliphatic carbocycles. The normalized spacial score (nSPS) is 29.4. The van der Waals surface area contributed by atoms with Crippen LogP contribution in [0.4, 0.5) is 0 Å². The summed E-state index contributed by atoms with van der Waals surface area (Å²) < 4.78 is 0. The van der Waals surface area contributed by atoms with Crippen molar-refractivity contribution in [3.05, 3.63) is 0 Å². The molecule has 1 heterocycles. The molecule has 1 unspecified atom stereocenters. The van der Waals surface area contributed by atoms with Crippen LogP contribution in [0, 0.1) is 11.3 Å². The number of rotatable bonds is 4. The lowest BCUT2D eigenvalue weighted by Crippen LogP contribution is -2.43. The van der Waals surface area contributed by atoms with Gasteiger partial charge in [0.05, 0.1) is 0 Å². The summed E-state index contributed by atoms with van der Waals surface area (Å²) in [6.07, 6.45) is 9.99. The first kappa shape index (κ1) is 15.3. The lowest BCUT2D eigenvalue weighted by Gasteiger charge is -2.38. The molecule has 2 fully saturated rings. The third-order valence-corrected chi connectivity index (χ3v) is 5.09. The molecule has 112 valence electrons. The molecule has 0 radical (unpaired) electrons. The quantitative estimate of drug-likeness (QED) is 0.835. The van der Waals surface area contributed by atoms with Gasteiger partial charge >= 0.3 is 0 Å². The van der Waals surface area contributed by atoms with Gasteiger partial charge in [0.1, 0.15) is 0 Å². The van der Waals surface area contributed by atoms with Gasteiger partial charge in [0.2, 0.25) is 0 Å². The molecule has 1 atom stereocenters. The molecular weight excluding hydrogens is 232 g/mol. The van der Waals surface area contributed by atoms with E-state index in [0.717, 1.165) is 5.92 Å². The van der Waals surface area contributed by atoms with E-state index in [4.69, 9.17) is 0 Å². The first-order valence-corrected chi connectivity index (χ1v) is 8.55. The molecule has 2 nitrogen and oxygen atoms in total. The van der Waals surface area contributed by atoms with Crippen molar-refractivity contribution in [1.82, 2.24) is 10.2 Å². The molecule has 0 aromatic rings. The maximum Gasteiger partial charge on any atom is 0.00509 e. The molecule has 1 N–H and O–H groups in total. The Balaban J connectivity index is 1.91. The molecule has 1 saturated heterocycles. The molecule has 2 rings (SSSR count). The van der Waals surface area contributed by atoms with Gasteiger partial charge < -0.3 is 10.2 Å². The van der Waals surface area contributed by atoms with E-state index in [0.29, 0.717) is 11.5 Å². The summed E-state index contributed by atoms with van der Waals surface area (Å²) in [5.74, 6) is 0.855. The minimum atomic E-state index is 0.657. The Morgan fingerprint density at radius 2 is 1.89 bits per heavy atom. The summed E-state index contributed by atoms with van der Waals surface area (Å²) in [6, 6.07) is 0.701. The van der Waals surface area contributed by atoms with Crippen LogP contribution in [0.3, 0.4) is 0 Å². The number of hydrogen-bond donors (Lipinski definition) is 1. The van der Waals surface area contributed by atoms with Gasteiger partial charge in [-0.15, -0.1) is 0 Å². The van der Waals surface area contributed by atoms with Crippen molar-refractivity contribution in [2.45, 2.75) is 71.8 Å². The van der Waals surface area contributed by atoms with Gasteiger partial charge in [0, 0.05) is 12.6 Å². The van der Waals surface area contributed by atoms with Gasteiger partial charge in [-0.3, -0.25) is 0 Å². The van der Waals surface area contributed by atoms with Crippen molar-refractivity contribution < 1.29 is 0 Å². The number of hydrogen-bond acceptors (Lipinski definition) is 2. The molecule has 19 heavy (non-hydrogen) atoms.